The Labute approximate surface area is 171 Å². The summed E-state index contributed by atoms with van der Waals surface area (Å²) in [4.78, 5) is 16.5. The third-order valence-corrected chi connectivity index (χ3v) is 5.15. The monoisotopic (exact) mass is 396 g/mol. The van der Waals surface area contributed by atoms with Crippen molar-refractivity contribution < 1.29 is 19.5 Å². The quantitative estimate of drug-likeness (QED) is 0.470. The topological polar surface area (TPSA) is 79.8 Å². The summed E-state index contributed by atoms with van der Waals surface area (Å²) < 4.78 is 5.92. The molecule has 1 heterocycles. The lowest BCUT2D eigenvalue weighted by atomic mass is 9.93. The molecule has 3 N–H and O–H groups in total. The number of hydrogen-bond donors (Lipinski definition) is 3. The van der Waals surface area contributed by atoms with Gasteiger partial charge in [0.15, 0.2) is 0 Å². The van der Waals surface area contributed by atoms with Crippen molar-refractivity contribution in [2.45, 2.75) is 32.8 Å². The number of carbonyl (C=O) groups is 1. The first-order valence-corrected chi connectivity index (χ1v) is 9.74. The molecule has 0 radical (unpaired) electrons. The number of carbonyl (C=O) groups excluding carboxylic acids is 1. The summed E-state index contributed by atoms with van der Waals surface area (Å²) in [6.45, 7) is 8.82. The molecular weight excluding hydrogens is 368 g/mol. The fourth-order valence-electron chi connectivity index (χ4n) is 3.49. The Balaban J connectivity index is 1.95. The van der Waals surface area contributed by atoms with Crippen LogP contribution in [-0.4, -0.2) is 31.3 Å². The summed E-state index contributed by atoms with van der Waals surface area (Å²) >= 11 is 0. The van der Waals surface area contributed by atoms with Gasteiger partial charge in [0.2, 0.25) is 0 Å². The Kier molecular flexibility index (Phi) is 6.56. The van der Waals surface area contributed by atoms with E-state index in [9.17, 15) is 9.90 Å². The second-order valence-electron chi connectivity index (χ2n) is 7.38. The van der Waals surface area contributed by atoms with Crippen LogP contribution in [0.1, 0.15) is 36.5 Å². The zero-order chi connectivity index (χ0) is 21.0. The number of benzene rings is 2. The van der Waals surface area contributed by atoms with Crippen molar-refractivity contribution >= 4 is 11.6 Å². The van der Waals surface area contributed by atoms with Crippen LogP contribution in [0, 0.1) is 0 Å². The number of aliphatic hydroxyl groups excluding tert-OH is 1. The largest absolute Gasteiger partial charge is 0.492 e. The number of anilines is 1. The van der Waals surface area contributed by atoms with Crippen molar-refractivity contribution in [3.63, 3.8) is 0 Å². The second kappa shape index (κ2) is 9.11. The maximum Gasteiger partial charge on any atom is 0.271 e. The van der Waals surface area contributed by atoms with E-state index in [2.05, 4.69) is 60.3 Å². The lowest BCUT2D eigenvalue weighted by molar-refractivity contribution is -0.127. The van der Waals surface area contributed by atoms with Gasteiger partial charge in [0.1, 0.15) is 5.75 Å². The molecule has 0 fully saturated rings. The molecule has 3 rings (SSSR count). The zero-order valence-corrected chi connectivity index (χ0v) is 17.2. The van der Waals surface area contributed by atoms with Gasteiger partial charge in [0.05, 0.1) is 20.3 Å². The van der Waals surface area contributed by atoms with Crippen molar-refractivity contribution in [1.29, 1.82) is 0 Å². The van der Waals surface area contributed by atoms with Crippen LogP contribution in [0.3, 0.4) is 0 Å². The minimum atomic E-state index is -0.389. The van der Waals surface area contributed by atoms with E-state index < -0.39 is 0 Å². The lowest BCUT2D eigenvalue weighted by Crippen LogP contribution is -2.26. The van der Waals surface area contributed by atoms with Gasteiger partial charge in [-0.3, -0.25) is 9.63 Å². The highest BCUT2D eigenvalue weighted by Gasteiger charge is 2.24. The normalized spacial score (nSPS) is 12.4. The fourth-order valence-corrected chi connectivity index (χ4v) is 3.49. The fraction of sp³-hybridized carbons (Fsp3) is 0.348. The zero-order valence-electron chi connectivity index (χ0n) is 17.2. The number of aliphatic hydroxyl groups is 1. The van der Waals surface area contributed by atoms with E-state index in [1.807, 2.05) is 6.07 Å². The van der Waals surface area contributed by atoms with Gasteiger partial charge in [0.25, 0.3) is 5.91 Å². The van der Waals surface area contributed by atoms with Gasteiger partial charge in [-0.05, 0) is 23.1 Å². The summed E-state index contributed by atoms with van der Waals surface area (Å²) in [5.41, 5.74) is 8.45. The van der Waals surface area contributed by atoms with Gasteiger partial charge >= 0.3 is 0 Å². The SMILES string of the molecule is C=C(CNc1cc(-c2ccc(C(C)C)cc2)c2c(c1CO)CCO2)C(=O)NOC. The van der Waals surface area contributed by atoms with Crippen LogP contribution in [0.5, 0.6) is 5.75 Å². The van der Waals surface area contributed by atoms with Crippen LogP contribution < -0.4 is 15.5 Å². The maximum absolute atomic E-state index is 11.8. The van der Waals surface area contributed by atoms with Crippen LogP contribution in [0.15, 0.2) is 42.5 Å². The van der Waals surface area contributed by atoms with Crippen LogP contribution in [0.25, 0.3) is 11.1 Å². The van der Waals surface area contributed by atoms with Crippen LogP contribution in [-0.2, 0) is 22.7 Å². The highest BCUT2D eigenvalue weighted by atomic mass is 16.6. The van der Waals surface area contributed by atoms with Gasteiger partial charge in [-0.25, -0.2) is 5.48 Å². The molecule has 1 aliphatic rings. The van der Waals surface area contributed by atoms with Crippen molar-refractivity contribution in [1.82, 2.24) is 5.48 Å². The Morgan fingerprint density at radius 1 is 1.31 bits per heavy atom. The van der Waals surface area contributed by atoms with Gasteiger partial charge in [-0.2, -0.15) is 0 Å². The Morgan fingerprint density at radius 2 is 2.03 bits per heavy atom. The number of hydroxylamine groups is 1. The van der Waals surface area contributed by atoms with Gasteiger partial charge in [-0.1, -0.05) is 44.7 Å². The molecule has 6 nitrogen and oxygen atoms in total. The predicted octanol–water partition coefficient (Wildman–Crippen LogP) is 3.55. The minimum absolute atomic E-state index is 0.114. The summed E-state index contributed by atoms with van der Waals surface area (Å²) in [7, 11) is 1.37. The minimum Gasteiger partial charge on any atom is -0.492 e. The first-order valence-electron chi connectivity index (χ1n) is 9.74. The van der Waals surface area contributed by atoms with Gasteiger partial charge in [0, 0.05) is 40.9 Å². The highest BCUT2D eigenvalue weighted by Crippen LogP contribution is 2.42. The van der Waals surface area contributed by atoms with Crippen LogP contribution in [0.4, 0.5) is 5.69 Å². The Hall–Kier alpha value is -2.83. The van der Waals surface area contributed by atoms with Crippen molar-refractivity contribution in [2.24, 2.45) is 0 Å². The predicted molar refractivity (Wildman–Crippen MR) is 114 cm³/mol. The summed E-state index contributed by atoms with van der Waals surface area (Å²) in [6.07, 6.45) is 0.739. The molecule has 0 bridgehead atoms. The molecule has 1 amide bonds. The molecule has 0 spiro atoms. The first-order chi connectivity index (χ1) is 14.0. The Morgan fingerprint density at radius 3 is 2.66 bits per heavy atom. The number of ether oxygens (including phenoxy) is 1. The molecule has 2 aromatic carbocycles. The smallest absolute Gasteiger partial charge is 0.271 e. The number of nitrogens with one attached hydrogen (secondary N) is 2. The van der Waals surface area contributed by atoms with E-state index in [4.69, 9.17) is 4.74 Å². The van der Waals surface area contributed by atoms with Crippen molar-refractivity contribution in [2.75, 3.05) is 25.6 Å². The molecule has 0 aromatic heterocycles. The van der Waals surface area contributed by atoms with E-state index >= 15 is 0 Å². The van der Waals surface area contributed by atoms with Gasteiger partial charge in [-0.15, -0.1) is 0 Å². The first kappa shape index (κ1) is 20.9. The van der Waals surface area contributed by atoms with E-state index in [1.54, 1.807) is 0 Å². The van der Waals surface area contributed by atoms with Crippen LogP contribution >= 0.6 is 0 Å². The second-order valence-corrected chi connectivity index (χ2v) is 7.38. The van der Waals surface area contributed by atoms with E-state index in [1.165, 1.54) is 12.7 Å². The number of rotatable bonds is 8. The summed E-state index contributed by atoms with van der Waals surface area (Å²) in [5, 5.41) is 13.2. The lowest BCUT2D eigenvalue weighted by Gasteiger charge is -2.18. The number of hydrogen-bond acceptors (Lipinski definition) is 5. The standard InChI is InChI=1S/C23H28N2O4/c1-14(2)16-5-7-17(8-6-16)19-11-21(24-12-15(3)23(27)25-28-4)20(13-26)18-9-10-29-22(18)19/h5-8,11,14,24,26H,3,9-10,12-13H2,1-2,4H3,(H,25,27). The van der Waals surface area contributed by atoms with E-state index in [0.29, 0.717) is 18.1 Å². The molecular formula is C23H28N2O4. The third-order valence-electron chi connectivity index (χ3n) is 5.15. The molecule has 0 aliphatic carbocycles. The number of amides is 1. The number of fused-ring (bicyclic) bond motifs is 1. The highest BCUT2D eigenvalue weighted by molar-refractivity contribution is 5.93. The van der Waals surface area contributed by atoms with Crippen molar-refractivity contribution in [3.05, 3.63) is 59.2 Å². The van der Waals surface area contributed by atoms with Gasteiger partial charge < -0.3 is 15.2 Å². The third kappa shape index (κ3) is 4.44. The average molecular weight is 396 g/mol. The molecule has 0 saturated carbocycles. The molecule has 29 heavy (non-hydrogen) atoms. The van der Waals surface area contributed by atoms with E-state index in [-0.39, 0.29) is 19.1 Å². The summed E-state index contributed by atoms with van der Waals surface area (Å²) in [6, 6.07) is 10.4. The molecule has 1 aliphatic heterocycles. The molecule has 2 aromatic rings. The molecule has 0 atom stereocenters. The Bertz CT molecular complexity index is 904. The van der Waals surface area contributed by atoms with Crippen molar-refractivity contribution in [3.8, 4) is 16.9 Å². The molecule has 6 heteroatoms. The average Bonchev–Trinajstić information content (AvgIpc) is 3.21. The summed E-state index contributed by atoms with van der Waals surface area (Å²) in [5.74, 6) is 0.900. The van der Waals surface area contributed by atoms with Crippen LogP contribution in [0.2, 0.25) is 0 Å². The maximum atomic E-state index is 11.8. The molecule has 0 unspecified atom stereocenters. The molecule has 154 valence electrons. The van der Waals surface area contributed by atoms with E-state index in [0.717, 1.165) is 40.1 Å². The molecule has 0 saturated heterocycles.